The van der Waals surface area contributed by atoms with Crippen LogP contribution in [0.25, 0.3) is 0 Å². The van der Waals surface area contributed by atoms with Crippen molar-refractivity contribution in [1.82, 2.24) is 9.88 Å². The zero-order chi connectivity index (χ0) is 23.0. The number of nitrogens with zero attached hydrogens (tertiary/aromatic N) is 3. The summed E-state index contributed by atoms with van der Waals surface area (Å²) < 4.78 is 43.8. The fourth-order valence-corrected chi connectivity index (χ4v) is 3.36. The maximum absolute atomic E-state index is 12.7. The second kappa shape index (κ2) is 11.1. The van der Waals surface area contributed by atoms with Crippen LogP contribution in [-0.4, -0.2) is 35.2 Å². The number of hydrogen-bond acceptors (Lipinski definition) is 4. The van der Waals surface area contributed by atoms with Crippen LogP contribution in [0.4, 0.5) is 13.2 Å². The molecule has 7 heteroatoms. The van der Waals surface area contributed by atoms with Crippen molar-refractivity contribution in [2.75, 3.05) is 19.6 Å². The molecule has 0 amide bonds. The third-order valence-electron chi connectivity index (χ3n) is 5.23. The number of pyridine rings is 1. The van der Waals surface area contributed by atoms with Gasteiger partial charge in [0.05, 0.1) is 11.9 Å². The van der Waals surface area contributed by atoms with Crippen LogP contribution in [0.1, 0.15) is 38.8 Å². The van der Waals surface area contributed by atoms with Gasteiger partial charge >= 0.3 is 6.18 Å². The Morgan fingerprint density at radius 2 is 1.90 bits per heavy atom. The molecule has 0 spiro atoms. The van der Waals surface area contributed by atoms with Crippen LogP contribution >= 0.6 is 0 Å². The number of piperidine rings is 1. The van der Waals surface area contributed by atoms with Gasteiger partial charge in [-0.05, 0) is 57.0 Å². The first-order valence-electron chi connectivity index (χ1n) is 10.3. The fraction of sp³-hybridized carbons (Fsp3) is 0.417. The third kappa shape index (κ3) is 7.21. The van der Waals surface area contributed by atoms with E-state index in [-0.39, 0.29) is 11.7 Å². The Hall–Kier alpha value is -2.67. The van der Waals surface area contributed by atoms with Gasteiger partial charge < -0.3 is 4.74 Å². The summed E-state index contributed by atoms with van der Waals surface area (Å²) in [6, 6.07) is 2.13. The molecule has 2 heterocycles. The molecule has 168 valence electrons. The third-order valence-corrected chi connectivity index (χ3v) is 5.23. The van der Waals surface area contributed by atoms with Crippen LogP contribution in [0.2, 0.25) is 0 Å². The maximum atomic E-state index is 12.7. The van der Waals surface area contributed by atoms with E-state index in [9.17, 15) is 13.2 Å². The minimum absolute atomic E-state index is 0.144. The highest BCUT2D eigenvalue weighted by Crippen LogP contribution is 2.29. The van der Waals surface area contributed by atoms with Crippen molar-refractivity contribution < 1.29 is 17.9 Å². The first-order chi connectivity index (χ1) is 14.7. The van der Waals surface area contributed by atoms with E-state index in [1.807, 2.05) is 13.0 Å². The Labute approximate surface area is 182 Å². The molecule has 0 bridgehead atoms. The Bertz CT molecular complexity index is 846. The van der Waals surface area contributed by atoms with Gasteiger partial charge in [0.25, 0.3) is 0 Å². The van der Waals surface area contributed by atoms with Crippen molar-refractivity contribution in [3.63, 3.8) is 0 Å². The average Bonchev–Trinajstić information content (AvgIpc) is 2.74. The molecule has 0 aliphatic carbocycles. The summed E-state index contributed by atoms with van der Waals surface area (Å²) in [6.07, 6.45) is 2.68. The Balaban J connectivity index is 2.03. The van der Waals surface area contributed by atoms with Gasteiger partial charge in [0, 0.05) is 18.7 Å². The fourth-order valence-electron chi connectivity index (χ4n) is 3.36. The molecule has 1 aliphatic heterocycles. The summed E-state index contributed by atoms with van der Waals surface area (Å²) in [5.41, 5.74) is 1.87. The summed E-state index contributed by atoms with van der Waals surface area (Å²) in [7, 11) is 0. The molecule has 1 fully saturated rings. The number of halogens is 3. The number of alkyl halides is 3. The van der Waals surface area contributed by atoms with Crippen molar-refractivity contribution in [3.8, 4) is 5.75 Å². The number of allylic oxidation sites excluding steroid dienone is 2. The second-order valence-corrected chi connectivity index (χ2v) is 7.51. The molecule has 1 aromatic rings. The van der Waals surface area contributed by atoms with Gasteiger partial charge in [-0.25, -0.2) is 4.98 Å². The summed E-state index contributed by atoms with van der Waals surface area (Å²) in [4.78, 5) is 10.3. The smallest absolute Gasteiger partial charge is 0.433 e. The normalized spacial score (nSPS) is 16.5. The van der Waals surface area contributed by atoms with Gasteiger partial charge in [-0.15, -0.1) is 0 Å². The highest BCUT2D eigenvalue weighted by atomic mass is 19.4. The molecular formula is C24H30F3N3O. The van der Waals surface area contributed by atoms with E-state index >= 15 is 0 Å². The van der Waals surface area contributed by atoms with E-state index in [1.165, 1.54) is 6.07 Å². The maximum Gasteiger partial charge on any atom is 0.433 e. The number of likely N-dealkylation sites (tertiary alicyclic amines) is 1. The quantitative estimate of drug-likeness (QED) is 0.264. The highest BCUT2D eigenvalue weighted by molar-refractivity contribution is 6.00. The van der Waals surface area contributed by atoms with E-state index in [0.717, 1.165) is 62.3 Å². The summed E-state index contributed by atoms with van der Waals surface area (Å²) >= 11 is 0. The molecule has 4 nitrogen and oxygen atoms in total. The summed E-state index contributed by atoms with van der Waals surface area (Å²) in [5, 5.41) is 0. The Morgan fingerprint density at radius 1 is 1.23 bits per heavy atom. The molecule has 0 radical (unpaired) electrons. The van der Waals surface area contributed by atoms with Crippen LogP contribution in [-0.2, 0) is 6.18 Å². The van der Waals surface area contributed by atoms with Crippen molar-refractivity contribution >= 4 is 5.71 Å². The van der Waals surface area contributed by atoms with Crippen molar-refractivity contribution in [3.05, 3.63) is 72.9 Å². The molecule has 31 heavy (non-hydrogen) atoms. The van der Waals surface area contributed by atoms with Gasteiger partial charge in [-0.3, -0.25) is 9.89 Å². The molecule has 0 saturated carbocycles. The first kappa shape index (κ1) is 24.6. The average molecular weight is 434 g/mol. The molecule has 1 saturated heterocycles. The lowest BCUT2D eigenvalue weighted by Gasteiger charge is -2.33. The van der Waals surface area contributed by atoms with Crippen LogP contribution in [0.3, 0.4) is 0 Å². The lowest BCUT2D eigenvalue weighted by atomic mass is 9.90. The summed E-state index contributed by atoms with van der Waals surface area (Å²) in [5.74, 6) is 0.657. The number of aromatic nitrogens is 1. The van der Waals surface area contributed by atoms with E-state index in [2.05, 4.69) is 41.5 Å². The zero-order valence-corrected chi connectivity index (χ0v) is 18.2. The Morgan fingerprint density at radius 3 is 2.42 bits per heavy atom. The SMILES string of the molecule is C=C(CC)C(=C)CN1CCC(C(=N/C=C\C)C(=C)Oc2ccc(C(F)(F)F)nc2)CC1. The van der Waals surface area contributed by atoms with Gasteiger partial charge in [0.1, 0.15) is 17.2 Å². The lowest BCUT2D eigenvalue weighted by Crippen LogP contribution is -2.38. The molecule has 0 aromatic carbocycles. The largest absolute Gasteiger partial charge is 0.454 e. The molecule has 1 aliphatic rings. The van der Waals surface area contributed by atoms with E-state index in [1.54, 1.807) is 6.20 Å². The molecule has 0 atom stereocenters. The van der Waals surface area contributed by atoms with Gasteiger partial charge in [0.15, 0.2) is 0 Å². The molecule has 0 unspecified atom stereocenters. The van der Waals surface area contributed by atoms with Crippen molar-refractivity contribution in [1.29, 1.82) is 0 Å². The van der Waals surface area contributed by atoms with Crippen LogP contribution in [0.5, 0.6) is 5.75 Å². The monoisotopic (exact) mass is 433 g/mol. The molecule has 1 aromatic heterocycles. The van der Waals surface area contributed by atoms with E-state index < -0.39 is 11.9 Å². The first-order valence-corrected chi connectivity index (χ1v) is 10.3. The van der Waals surface area contributed by atoms with Crippen molar-refractivity contribution in [2.45, 2.75) is 39.3 Å². The van der Waals surface area contributed by atoms with Gasteiger partial charge in [-0.2, -0.15) is 13.2 Å². The minimum atomic E-state index is -4.49. The van der Waals surface area contributed by atoms with Gasteiger partial charge in [-0.1, -0.05) is 38.3 Å². The number of hydrogen-bond donors (Lipinski definition) is 0. The van der Waals surface area contributed by atoms with E-state index in [0.29, 0.717) is 11.5 Å². The molecule has 0 N–H and O–H groups in total. The van der Waals surface area contributed by atoms with Crippen LogP contribution < -0.4 is 4.74 Å². The molecule has 2 rings (SSSR count). The second-order valence-electron chi connectivity index (χ2n) is 7.51. The topological polar surface area (TPSA) is 37.7 Å². The predicted octanol–water partition coefficient (Wildman–Crippen LogP) is 6.20. The predicted molar refractivity (Wildman–Crippen MR) is 119 cm³/mol. The minimum Gasteiger partial charge on any atom is -0.454 e. The Kier molecular flexibility index (Phi) is 8.80. The van der Waals surface area contributed by atoms with Gasteiger partial charge in [0.2, 0.25) is 0 Å². The zero-order valence-electron chi connectivity index (χ0n) is 18.2. The van der Waals surface area contributed by atoms with Crippen LogP contribution in [0, 0.1) is 5.92 Å². The van der Waals surface area contributed by atoms with Crippen molar-refractivity contribution in [2.24, 2.45) is 10.9 Å². The number of ether oxygens (including phenoxy) is 1. The van der Waals surface area contributed by atoms with Crippen LogP contribution in [0.15, 0.2) is 72.2 Å². The standard InChI is InChI=1S/C24H30F3N3O/c1-6-12-28-23(19(5)31-21-8-9-22(29-15-21)24(25,26)27)20-10-13-30(14-11-20)16-18(4)17(3)7-2/h6,8-9,12,15,20H,3-5,7,10-11,13-14,16H2,1-2H3/b12-6-,28-23?. The lowest BCUT2D eigenvalue weighted by molar-refractivity contribution is -0.141. The molecular weight excluding hydrogens is 403 g/mol. The number of rotatable bonds is 9. The van der Waals surface area contributed by atoms with E-state index in [4.69, 9.17) is 4.74 Å². The highest BCUT2D eigenvalue weighted by Gasteiger charge is 2.32. The summed E-state index contributed by atoms with van der Waals surface area (Å²) in [6.45, 7) is 18.6. The number of aliphatic imine (C=N–C) groups is 1.